The number of hydrogen-bond acceptors (Lipinski definition) is 5. The van der Waals surface area contributed by atoms with Crippen molar-refractivity contribution in [3.05, 3.63) is 71.8 Å². The van der Waals surface area contributed by atoms with E-state index in [4.69, 9.17) is 4.98 Å². The molecule has 0 unspecified atom stereocenters. The first kappa shape index (κ1) is 22.6. The Kier molecular flexibility index (Phi) is 6.49. The van der Waals surface area contributed by atoms with Crippen LogP contribution in [0, 0.1) is 33.9 Å². The molecule has 166 valence electrons. The first-order valence-electron chi connectivity index (χ1n) is 11.2. The number of hydrogen-bond donors (Lipinski definition) is 0. The molecule has 3 aromatic rings. The number of piperidine rings is 1. The van der Waals surface area contributed by atoms with Crippen molar-refractivity contribution in [3.63, 3.8) is 0 Å². The average molecular weight is 440 g/mol. The van der Waals surface area contributed by atoms with Gasteiger partial charge in [0, 0.05) is 29.8 Å². The molecular formula is C27H26FN5. The number of benzene rings is 2. The monoisotopic (exact) mass is 439 g/mol. The number of rotatable bonds is 5. The van der Waals surface area contributed by atoms with E-state index in [1.807, 2.05) is 38.2 Å². The van der Waals surface area contributed by atoms with Gasteiger partial charge in [-0.25, -0.2) is 14.4 Å². The van der Waals surface area contributed by atoms with Gasteiger partial charge in [0.25, 0.3) is 0 Å². The highest BCUT2D eigenvalue weighted by Crippen LogP contribution is 2.36. The van der Waals surface area contributed by atoms with Crippen molar-refractivity contribution >= 4 is 0 Å². The summed E-state index contributed by atoms with van der Waals surface area (Å²) in [4.78, 5) is 11.9. The van der Waals surface area contributed by atoms with E-state index >= 15 is 0 Å². The second-order valence-electron chi connectivity index (χ2n) is 9.24. The average Bonchev–Trinajstić information content (AvgIpc) is 2.84. The van der Waals surface area contributed by atoms with Gasteiger partial charge in [-0.1, -0.05) is 12.1 Å². The number of halogens is 1. The lowest BCUT2D eigenvalue weighted by Gasteiger charge is -2.35. The Morgan fingerprint density at radius 1 is 1.06 bits per heavy atom. The molecule has 1 aliphatic rings. The number of nitriles is 2. The Balaban J connectivity index is 1.68. The molecule has 2 aromatic carbocycles. The molecule has 0 atom stereocenters. The van der Waals surface area contributed by atoms with Crippen LogP contribution in [0.2, 0.25) is 0 Å². The van der Waals surface area contributed by atoms with Gasteiger partial charge < -0.3 is 4.90 Å². The minimum absolute atomic E-state index is 0.231. The van der Waals surface area contributed by atoms with Crippen LogP contribution in [0.3, 0.4) is 0 Å². The zero-order valence-corrected chi connectivity index (χ0v) is 18.9. The molecule has 1 saturated heterocycles. The standard InChI is InChI=1S/C27H26FN5/c1-27(2,17-30)18-33-12-10-20(11-13-33)25-24(22-5-3-4-19(14-22)15-29)16-31-26(32-25)21-6-8-23(28)9-7-21/h3-9,14,16,20H,10-13,18H2,1-2H3. The fourth-order valence-corrected chi connectivity index (χ4v) is 4.38. The smallest absolute Gasteiger partial charge is 0.159 e. The Bertz CT molecular complexity index is 1210. The topological polar surface area (TPSA) is 76.6 Å². The van der Waals surface area contributed by atoms with Crippen LogP contribution in [0.5, 0.6) is 0 Å². The van der Waals surface area contributed by atoms with Gasteiger partial charge in [0.1, 0.15) is 5.82 Å². The molecule has 1 fully saturated rings. The summed E-state index contributed by atoms with van der Waals surface area (Å²) in [6.45, 7) is 6.47. The first-order valence-corrected chi connectivity index (χ1v) is 11.2. The molecule has 0 amide bonds. The molecule has 0 N–H and O–H groups in total. The van der Waals surface area contributed by atoms with E-state index in [0.29, 0.717) is 11.4 Å². The summed E-state index contributed by atoms with van der Waals surface area (Å²) >= 11 is 0. The Morgan fingerprint density at radius 3 is 2.45 bits per heavy atom. The molecule has 2 heterocycles. The van der Waals surface area contributed by atoms with E-state index in [0.717, 1.165) is 54.9 Å². The summed E-state index contributed by atoms with van der Waals surface area (Å²) in [7, 11) is 0. The molecule has 0 bridgehead atoms. The van der Waals surface area contributed by atoms with Crippen LogP contribution in [0.1, 0.15) is 43.9 Å². The maximum absolute atomic E-state index is 13.4. The zero-order valence-electron chi connectivity index (χ0n) is 18.9. The minimum atomic E-state index is -0.375. The lowest BCUT2D eigenvalue weighted by atomic mass is 9.87. The predicted molar refractivity (Wildman–Crippen MR) is 125 cm³/mol. The number of aromatic nitrogens is 2. The van der Waals surface area contributed by atoms with E-state index in [2.05, 4.69) is 22.0 Å². The summed E-state index contributed by atoms with van der Waals surface area (Å²) < 4.78 is 13.4. The Hall–Kier alpha value is -3.61. The van der Waals surface area contributed by atoms with Crippen LogP contribution < -0.4 is 0 Å². The zero-order chi connectivity index (χ0) is 23.4. The molecule has 33 heavy (non-hydrogen) atoms. The third-order valence-corrected chi connectivity index (χ3v) is 6.12. The van der Waals surface area contributed by atoms with Gasteiger partial charge in [-0.2, -0.15) is 10.5 Å². The van der Waals surface area contributed by atoms with E-state index in [9.17, 15) is 14.9 Å². The van der Waals surface area contributed by atoms with E-state index in [-0.39, 0.29) is 17.2 Å². The SMILES string of the molecule is CC(C)(C#N)CN1CCC(c2nc(-c3ccc(F)cc3)ncc2-c2cccc(C#N)c2)CC1. The molecule has 0 spiro atoms. The van der Waals surface area contributed by atoms with Gasteiger partial charge in [-0.05, 0) is 81.7 Å². The third kappa shape index (κ3) is 5.25. The van der Waals surface area contributed by atoms with Crippen molar-refractivity contribution in [1.29, 1.82) is 10.5 Å². The lowest BCUT2D eigenvalue weighted by Crippen LogP contribution is -2.39. The van der Waals surface area contributed by atoms with Gasteiger partial charge in [0.2, 0.25) is 0 Å². The quantitative estimate of drug-likeness (QED) is 0.521. The second-order valence-corrected chi connectivity index (χ2v) is 9.24. The van der Waals surface area contributed by atoms with Gasteiger partial charge in [-0.3, -0.25) is 0 Å². The molecule has 1 aromatic heterocycles. The van der Waals surface area contributed by atoms with E-state index < -0.39 is 0 Å². The summed E-state index contributed by atoms with van der Waals surface area (Å²) in [6, 6.07) is 18.3. The summed E-state index contributed by atoms with van der Waals surface area (Å²) in [5, 5.41) is 18.7. The molecule has 4 rings (SSSR count). The fourth-order valence-electron chi connectivity index (χ4n) is 4.38. The van der Waals surface area contributed by atoms with Crippen molar-refractivity contribution < 1.29 is 4.39 Å². The van der Waals surface area contributed by atoms with Gasteiger partial charge in [-0.15, -0.1) is 0 Å². The van der Waals surface area contributed by atoms with Gasteiger partial charge >= 0.3 is 0 Å². The van der Waals surface area contributed by atoms with Crippen LogP contribution in [0.15, 0.2) is 54.7 Å². The first-order chi connectivity index (χ1) is 15.9. The highest BCUT2D eigenvalue weighted by molar-refractivity contribution is 5.69. The van der Waals surface area contributed by atoms with E-state index in [1.54, 1.807) is 18.2 Å². The van der Waals surface area contributed by atoms with Gasteiger partial charge in [0.05, 0.1) is 28.8 Å². The van der Waals surface area contributed by atoms with Crippen molar-refractivity contribution in [2.45, 2.75) is 32.6 Å². The van der Waals surface area contributed by atoms with Crippen molar-refractivity contribution in [3.8, 4) is 34.7 Å². The third-order valence-electron chi connectivity index (χ3n) is 6.12. The van der Waals surface area contributed by atoms with Crippen molar-refractivity contribution in [1.82, 2.24) is 14.9 Å². The number of nitrogens with zero attached hydrogens (tertiary/aromatic N) is 5. The second kappa shape index (κ2) is 9.48. The van der Waals surface area contributed by atoms with E-state index in [1.165, 1.54) is 12.1 Å². The van der Waals surface area contributed by atoms with Crippen LogP contribution in [-0.4, -0.2) is 34.5 Å². The van der Waals surface area contributed by atoms with Crippen LogP contribution in [0.25, 0.3) is 22.5 Å². The Labute approximate surface area is 194 Å². The van der Waals surface area contributed by atoms with Gasteiger partial charge in [0.15, 0.2) is 5.82 Å². The van der Waals surface area contributed by atoms with Crippen molar-refractivity contribution in [2.24, 2.45) is 5.41 Å². The molecule has 5 nitrogen and oxygen atoms in total. The van der Waals surface area contributed by atoms with Crippen molar-refractivity contribution in [2.75, 3.05) is 19.6 Å². The molecule has 6 heteroatoms. The molecule has 0 aliphatic carbocycles. The predicted octanol–water partition coefficient (Wildman–Crippen LogP) is 5.55. The normalized spacial score (nSPS) is 15.1. The number of likely N-dealkylation sites (tertiary alicyclic amines) is 1. The molecule has 1 aliphatic heterocycles. The molecular weight excluding hydrogens is 413 g/mol. The van der Waals surface area contributed by atoms with Crippen LogP contribution in [0.4, 0.5) is 4.39 Å². The largest absolute Gasteiger partial charge is 0.302 e. The summed E-state index contributed by atoms with van der Waals surface area (Å²) in [6.07, 6.45) is 3.67. The molecule has 0 radical (unpaired) electrons. The lowest BCUT2D eigenvalue weighted by molar-refractivity contribution is 0.169. The fraction of sp³-hybridized carbons (Fsp3) is 0.333. The van der Waals surface area contributed by atoms with Crippen LogP contribution in [-0.2, 0) is 0 Å². The Morgan fingerprint density at radius 2 is 1.79 bits per heavy atom. The minimum Gasteiger partial charge on any atom is -0.302 e. The summed E-state index contributed by atoms with van der Waals surface area (Å²) in [5.74, 6) is 0.504. The summed E-state index contributed by atoms with van der Waals surface area (Å²) in [5.41, 5.74) is 3.79. The molecule has 0 saturated carbocycles. The highest BCUT2D eigenvalue weighted by atomic mass is 19.1. The van der Waals surface area contributed by atoms with Crippen LogP contribution >= 0.6 is 0 Å². The maximum atomic E-state index is 13.4. The maximum Gasteiger partial charge on any atom is 0.159 e. The highest BCUT2D eigenvalue weighted by Gasteiger charge is 2.28.